The second-order valence-electron chi connectivity index (χ2n) is 4.88. The molecule has 0 radical (unpaired) electrons. The van der Waals surface area contributed by atoms with Crippen molar-refractivity contribution in [2.24, 2.45) is 0 Å². The van der Waals surface area contributed by atoms with Crippen LogP contribution in [0.25, 0.3) is 0 Å². The molecular weight excluding hydrogens is 318 g/mol. The van der Waals surface area contributed by atoms with Gasteiger partial charge in [-0.15, -0.1) is 0 Å². The van der Waals surface area contributed by atoms with Crippen molar-refractivity contribution >= 4 is 21.6 Å². The third-order valence-corrected chi connectivity index (χ3v) is 4.51. The Morgan fingerprint density at radius 3 is 2.55 bits per heavy atom. The zero-order valence-corrected chi connectivity index (χ0v) is 13.3. The van der Waals surface area contributed by atoms with Crippen molar-refractivity contribution in [2.75, 3.05) is 5.73 Å². The summed E-state index contributed by atoms with van der Waals surface area (Å²) in [5.74, 6) is 0. The van der Waals surface area contributed by atoms with Crippen LogP contribution >= 0.6 is 15.9 Å². The average Bonchev–Trinajstić information content (AvgIpc) is 2.42. The highest BCUT2D eigenvalue weighted by molar-refractivity contribution is 9.10. The van der Waals surface area contributed by atoms with E-state index in [1.165, 1.54) is 5.56 Å². The van der Waals surface area contributed by atoms with Gasteiger partial charge in [0.25, 0.3) is 0 Å². The number of hydrogen-bond donors (Lipinski definition) is 1. The van der Waals surface area contributed by atoms with E-state index >= 15 is 0 Å². The molecule has 2 N–H and O–H groups in total. The summed E-state index contributed by atoms with van der Waals surface area (Å²) in [7, 11) is 0. The van der Waals surface area contributed by atoms with Gasteiger partial charge >= 0.3 is 5.69 Å². The number of nitrogens with zero attached hydrogens (tertiary/aromatic N) is 2. The molecule has 4 nitrogen and oxygen atoms in total. The predicted molar refractivity (Wildman–Crippen MR) is 84.8 cm³/mol. The number of halogens is 1. The van der Waals surface area contributed by atoms with Gasteiger partial charge in [-0.05, 0) is 60.3 Å². The maximum atomic E-state index is 11.9. The Labute approximate surface area is 126 Å². The molecule has 0 aliphatic rings. The molecule has 0 spiro atoms. The van der Waals surface area contributed by atoms with E-state index in [1.807, 2.05) is 38.1 Å². The van der Waals surface area contributed by atoms with Crippen LogP contribution in [-0.4, -0.2) is 9.55 Å². The van der Waals surface area contributed by atoms with E-state index in [0.717, 1.165) is 34.4 Å². The van der Waals surface area contributed by atoms with Crippen molar-refractivity contribution in [3.63, 3.8) is 0 Å². The number of benzene rings is 1. The molecule has 2 rings (SSSR count). The molecule has 0 aliphatic carbocycles. The number of aryl methyl sites for hydroxylation is 2. The Bertz CT molecular complexity index is 662. The van der Waals surface area contributed by atoms with Crippen LogP contribution in [0.15, 0.2) is 33.5 Å². The van der Waals surface area contributed by atoms with Crippen LogP contribution in [0.3, 0.4) is 0 Å². The minimum Gasteiger partial charge on any atom is -0.399 e. The van der Waals surface area contributed by atoms with Crippen molar-refractivity contribution in [1.82, 2.24) is 9.55 Å². The lowest BCUT2D eigenvalue weighted by Crippen LogP contribution is -2.26. The zero-order chi connectivity index (χ0) is 14.7. The third-order valence-electron chi connectivity index (χ3n) is 3.36. The van der Waals surface area contributed by atoms with Gasteiger partial charge in [0, 0.05) is 17.9 Å². The first-order chi connectivity index (χ1) is 9.49. The van der Waals surface area contributed by atoms with Crippen LogP contribution < -0.4 is 11.4 Å². The highest BCUT2D eigenvalue weighted by Crippen LogP contribution is 2.17. The van der Waals surface area contributed by atoms with Gasteiger partial charge in [0.1, 0.15) is 0 Å². The van der Waals surface area contributed by atoms with E-state index in [-0.39, 0.29) is 5.69 Å². The van der Waals surface area contributed by atoms with E-state index in [2.05, 4.69) is 20.9 Å². The third kappa shape index (κ3) is 3.28. The molecule has 5 heteroatoms. The maximum Gasteiger partial charge on any atom is 0.348 e. The van der Waals surface area contributed by atoms with E-state index < -0.39 is 0 Å². The van der Waals surface area contributed by atoms with Crippen LogP contribution in [0.5, 0.6) is 0 Å². The summed E-state index contributed by atoms with van der Waals surface area (Å²) >= 11 is 3.47. The zero-order valence-electron chi connectivity index (χ0n) is 11.7. The van der Waals surface area contributed by atoms with Crippen LogP contribution in [0.4, 0.5) is 5.69 Å². The summed E-state index contributed by atoms with van der Waals surface area (Å²) in [4.78, 5) is 15.9. The normalized spacial score (nSPS) is 10.8. The first kappa shape index (κ1) is 14.8. The summed E-state index contributed by atoms with van der Waals surface area (Å²) < 4.78 is 2.62. The fraction of sp³-hybridized carbons (Fsp3) is 0.333. The maximum absolute atomic E-state index is 11.9. The highest BCUT2D eigenvalue weighted by atomic mass is 79.9. The smallest absolute Gasteiger partial charge is 0.348 e. The first-order valence-electron chi connectivity index (χ1n) is 6.57. The number of nitrogen functional groups attached to an aromatic ring is 1. The highest BCUT2D eigenvalue weighted by Gasteiger charge is 2.08. The Morgan fingerprint density at radius 1 is 1.25 bits per heavy atom. The van der Waals surface area contributed by atoms with Gasteiger partial charge in [-0.3, -0.25) is 4.57 Å². The van der Waals surface area contributed by atoms with E-state index in [4.69, 9.17) is 5.73 Å². The van der Waals surface area contributed by atoms with Gasteiger partial charge in [0.2, 0.25) is 0 Å². The van der Waals surface area contributed by atoms with E-state index in [1.54, 1.807) is 4.57 Å². The number of anilines is 1. The topological polar surface area (TPSA) is 60.9 Å². The lowest BCUT2D eigenvalue weighted by atomic mass is 10.1. The molecule has 0 fully saturated rings. The van der Waals surface area contributed by atoms with Crippen molar-refractivity contribution in [3.05, 3.63) is 56.2 Å². The summed E-state index contributed by atoms with van der Waals surface area (Å²) in [5, 5.41) is 0. The van der Waals surface area contributed by atoms with Crippen LogP contribution in [0.2, 0.25) is 0 Å². The van der Waals surface area contributed by atoms with Crippen LogP contribution in [0, 0.1) is 13.8 Å². The van der Waals surface area contributed by atoms with Gasteiger partial charge in [-0.2, -0.15) is 4.98 Å². The fourth-order valence-electron chi connectivity index (χ4n) is 2.17. The monoisotopic (exact) mass is 335 g/mol. The molecular formula is C15H18BrN3O. The van der Waals surface area contributed by atoms with Crippen molar-refractivity contribution in [2.45, 2.75) is 33.2 Å². The minimum atomic E-state index is -0.180. The van der Waals surface area contributed by atoms with E-state index in [0.29, 0.717) is 6.54 Å². The molecule has 2 aromatic rings. The molecule has 0 saturated carbocycles. The predicted octanol–water partition coefficient (Wildman–Crippen LogP) is 2.84. The number of rotatable bonds is 4. The Kier molecular flexibility index (Phi) is 4.60. The molecule has 0 unspecified atom stereocenters. The van der Waals surface area contributed by atoms with E-state index in [9.17, 15) is 4.79 Å². The Morgan fingerprint density at radius 2 is 1.90 bits per heavy atom. The molecule has 0 saturated heterocycles. The molecule has 0 amide bonds. The van der Waals surface area contributed by atoms with Gasteiger partial charge in [0.05, 0.1) is 10.2 Å². The molecule has 0 bridgehead atoms. The first-order valence-corrected chi connectivity index (χ1v) is 7.36. The number of hydrogen-bond acceptors (Lipinski definition) is 3. The molecule has 0 atom stereocenters. The number of aromatic nitrogens is 2. The van der Waals surface area contributed by atoms with Gasteiger partial charge in [-0.25, -0.2) is 4.79 Å². The van der Waals surface area contributed by atoms with Crippen LogP contribution in [0.1, 0.15) is 23.4 Å². The van der Waals surface area contributed by atoms with Crippen molar-refractivity contribution in [1.29, 1.82) is 0 Å². The van der Waals surface area contributed by atoms with Crippen molar-refractivity contribution < 1.29 is 0 Å². The van der Waals surface area contributed by atoms with Gasteiger partial charge in [-0.1, -0.05) is 12.1 Å². The van der Waals surface area contributed by atoms with Crippen molar-refractivity contribution in [3.8, 4) is 0 Å². The molecule has 0 aliphatic heterocycles. The summed E-state index contributed by atoms with van der Waals surface area (Å²) in [5.41, 5.74) is 9.14. The van der Waals surface area contributed by atoms with Gasteiger partial charge < -0.3 is 5.73 Å². The largest absolute Gasteiger partial charge is 0.399 e. The minimum absolute atomic E-state index is 0.180. The fourth-order valence-corrected chi connectivity index (χ4v) is 2.47. The summed E-state index contributed by atoms with van der Waals surface area (Å²) in [6.07, 6.45) is 1.81. The second kappa shape index (κ2) is 6.22. The average molecular weight is 336 g/mol. The molecule has 1 heterocycles. The Hall–Kier alpha value is -1.62. The SMILES string of the molecule is Cc1nc(=O)n(CCCc2ccc(N)cc2)c(C)c1Br. The number of nitrogens with two attached hydrogens (primary N) is 1. The standard InChI is InChI=1S/C15H18BrN3O/c1-10-14(16)11(2)19(15(20)18-10)9-3-4-12-5-7-13(17)8-6-12/h5-8H,3-4,9,17H2,1-2H3. The molecule has 1 aromatic carbocycles. The molecule has 1 aromatic heterocycles. The van der Waals surface area contributed by atoms with Crippen LogP contribution in [-0.2, 0) is 13.0 Å². The molecule has 106 valence electrons. The van der Waals surface area contributed by atoms with Gasteiger partial charge in [0.15, 0.2) is 0 Å². The lowest BCUT2D eigenvalue weighted by molar-refractivity contribution is 0.587. The second-order valence-corrected chi connectivity index (χ2v) is 5.67. The summed E-state index contributed by atoms with van der Waals surface area (Å²) in [6, 6.07) is 7.84. The molecule has 20 heavy (non-hydrogen) atoms. The quantitative estimate of drug-likeness (QED) is 0.874. The lowest BCUT2D eigenvalue weighted by Gasteiger charge is -2.12. The summed E-state index contributed by atoms with van der Waals surface area (Å²) in [6.45, 7) is 4.43. The Balaban J connectivity index is 2.06.